The van der Waals surface area contributed by atoms with Gasteiger partial charge in [0.25, 0.3) is 0 Å². The van der Waals surface area contributed by atoms with Gasteiger partial charge in [0.05, 0.1) is 11.1 Å². The summed E-state index contributed by atoms with van der Waals surface area (Å²) in [6, 6.07) is 12.4. The predicted octanol–water partition coefficient (Wildman–Crippen LogP) is 3.75. The van der Waals surface area contributed by atoms with Crippen molar-refractivity contribution in [1.82, 2.24) is 0 Å². The molecule has 0 fully saturated rings. The van der Waals surface area contributed by atoms with Gasteiger partial charge in [-0.3, -0.25) is 0 Å². The van der Waals surface area contributed by atoms with Crippen molar-refractivity contribution in [3.8, 4) is 11.1 Å². The summed E-state index contributed by atoms with van der Waals surface area (Å²) in [7, 11) is 0. The Morgan fingerprint density at radius 3 is 2.19 bits per heavy atom. The first-order valence-corrected chi connectivity index (χ1v) is 5.65. The minimum atomic E-state index is -0.274. The van der Waals surface area contributed by atoms with Crippen molar-refractivity contribution >= 4 is 15.9 Å². The Bertz CT molecular complexity index is 494. The maximum atomic E-state index is 13.3. The van der Waals surface area contributed by atoms with E-state index in [0.29, 0.717) is 4.47 Å². The van der Waals surface area contributed by atoms with Crippen LogP contribution in [0.25, 0.3) is 11.1 Å². The molecule has 2 rings (SSSR count). The van der Waals surface area contributed by atoms with E-state index in [-0.39, 0.29) is 12.4 Å². The van der Waals surface area contributed by atoms with Gasteiger partial charge in [-0.2, -0.15) is 0 Å². The molecule has 1 nitrogen and oxygen atoms in total. The molecule has 3 heteroatoms. The summed E-state index contributed by atoms with van der Waals surface area (Å²) >= 11 is 3.12. The normalized spacial score (nSPS) is 10.4. The zero-order valence-electron chi connectivity index (χ0n) is 8.45. The number of benzene rings is 2. The van der Waals surface area contributed by atoms with Crippen LogP contribution in [0.3, 0.4) is 0 Å². The summed E-state index contributed by atoms with van der Waals surface area (Å²) in [4.78, 5) is 0. The quantitative estimate of drug-likeness (QED) is 0.888. The van der Waals surface area contributed by atoms with Crippen molar-refractivity contribution in [2.24, 2.45) is 0 Å². The smallest absolute Gasteiger partial charge is 0.137 e. The highest BCUT2D eigenvalue weighted by molar-refractivity contribution is 9.10. The average molecular weight is 281 g/mol. The second-order valence-electron chi connectivity index (χ2n) is 3.48. The molecule has 0 aliphatic rings. The van der Waals surface area contributed by atoms with Gasteiger partial charge in [-0.15, -0.1) is 0 Å². The van der Waals surface area contributed by atoms with Crippen LogP contribution in [0.1, 0.15) is 5.56 Å². The summed E-state index contributed by atoms with van der Waals surface area (Å²) in [5.41, 5.74) is 2.61. The molecule has 0 saturated carbocycles. The number of hydrogen-bond acceptors (Lipinski definition) is 1. The highest BCUT2D eigenvalue weighted by Crippen LogP contribution is 2.24. The molecule has 0 bridgehead atoms. The van der Waals surface area contributed by atoms with E-state index >= 15 is 0 Å². The van der Waals surface area contributed by atoms with E-state index < -0.39 is 0 Å². The lowest BCUT2D eigenvalue weighted by Gasteiger charge is -2.04. The number of halogens is 2. The molecule has 0 amide bonds. The van der Waals surface area contributed by atoms with Crippen molar-refractivity contribution in [1.29, 1.82) is 0 Å². The Hall–Kier alpha value is -1.19. The molecular formula is C13H10BrFO. The van der Waals surface area contributed by atoms with Crippen LogP contribution in [0.2, 0.25) is 0 Å². The maximum absolute atomic E-state index is 13.3. The van der Waals surface area contributed by atoms with E-state index in [2.05, 4.69) is 15.9 Å². The van der Waals surface area contributed by atoms with Gasteiger partial charge in [-0.05, 0) is 44.8 Å². The van der Waals surface area contributed by atoms with Gasteiger partial charge >= 0.3 is 0 Å². The van der Waals surface area contributed by atoms with Crippen LogP contribution in [0.5, 0.6) is 0 Å². The molecule has 0 unspecified atom stereocenters. The Kier molecular flexibility index (Phi) is 3.36. The van der Waals surface area contributed by atoms with Crippen LogP contribution >= 0.6 is 15.9 Å². The Labute approximate surface area is 102 Å². The fourth-order valence-electron chi connectivity index (χ4n) is 1.48. The second-order valence-corrected chi connectivity index (χ2v) is 4.34. The first-order valence-electron chi connectivity index (χ1n) is 4.86. The minimum absolute atomic E-state index is 0.0228. The van der Waals surface area contributed by atoms with Crippen molar-refractivity contribution < 1.29 is 9.50 Å². The molecule has 2 aromatic carbocycles. The molecule has 0 aliphatic carbocycles. The summed E-state index contributed by atoms with van der Waals surface area (Å²) in [5, 5.41) is 8.91. The Morgan fingerprint density at radius 2 is 1.62 bits per heavy atom. The van der Waals surface area contributed by atoms with Crippen molar-refractivity contribution in [2.75, 3.05) is 0 Å². The van der Waals surface area contributed by atoms with Crippen LogP contribution in [0.15, 0.2) is 46.9 Å². The number of aliphatic hydroxyl groups excluding tert-OH is 1. The standard InChI is InChI=1S/C13H10BrFO/c14-12-6-5-11(7-13(12)15)10-3-1-9(8-16)2-4-10/h1-7,16H,8H2. The first kappa shape index (κ1) is 11.3. The minimum Gasteiger partial charge on any atom is -0.392 e. The number of aliphatic hydroxyl groups is 1. The number of hydrogen-bond donors (Lipinski definition) is 1. The molecular weight excluding hydrogens is 271 g/mol. The molecule has 82 valence electrons. The highest BCUT2D eigenvalue weighted by atomic mass is 79.9. The zero-order valence-corrected chi connectivity index (χ0v) is 10.0. The van der Waals surface area contributed by atoms with Crippen LogP contribution in [-0.2, 0) is 6.61 Å². The summed E-state index contributed by atoms with van der Waals surface area (Å²) in [6.07, 6.45) is 0. The SMILES string of the molecule is OCc1ccc(-c2ccc(Br)c(F)c2)cc1. The summed E-state index contributed by atoms with van der Waals surface area (Å²) < 4.78 is 13.8. The lowest BCUT2D eigenvalue weighted by molar-refractivity contribution is 0.282. The van der Waals surface area contributed by atoms with Gasteiger partial charge in [0.1, 0.15) is 5.82 Å². The van der Waals surface area contributed by atoms with E-state index in [1.807, 2.05) is 30.3 Å². The molecule has 2 aromatic rings. The zero-order chi connectivity index (χ0) is 11.5. The van der Waals surface area contributed by atoms with E-state index in [4.69, 9.17) is 5.11 Å². The third-order valence-electron chi connectivity index (χ3n) is 2.39. The van der Waals surface area contributed by atoms with E-state index in [1.165, 1.54) is 6.07 Å². The molecule has 0 saturated heterocycles. The van der Waals surface area contributed by atoms with Gasteiger partial charge in [0.2, 0.25) is 0 Å². The molecule has 0 heterocycles. The molecule has 0 aliphatic heterocycles. The van der Waals surface area contributed by atoms with Gasteiger partial charge < -0.3 is 5.11 Å². The molecule has 0 aromatic heterocycles. The monoisotopic (exact) mass is 280 g/mol. The van der Waals surface area contributed by atoms with E-state index in [1.54, 1.807) is 6.07 Å². The lowest BCUT2D eigenvalue weighted by atomic mass is 10.0. The molecule has 1 N–H and O–H groups in total. The topological polar surface area (TPSA) is 20.2 Å². The summed E-state index contributed by atoms with van der Waals surface area (Å²) in [5.74, 6) is -0.274. The van der Waals surface area contributed by atoms with Gasteiger partial charge in [0.15, 0.2) is 0 Å². The summed E-state index contributed by atoms with van der Waals surface area (Å²) in [6.45, 7) is 0.0228. The van der Waals surface area contributed by atoms with Gasteiger partial charge in [-0.25, -0.2) is 4.39 Å². The van der Waals surface area contributed by atoms with Crippen molar-refractivity contribution in [2.45, 2.75) is 6.61 Å². The van der Waals surface area contributed by atoms with Crippen LogP contribution < -0.4 is 0 Å². The third-order valence-corrected chi connectivity index (χ3v) is 3.03. The second kappa shape index (κ2) is 4.76. The van der Waals surface area contributed by atoms with Crippen LogP contribution in [0, 0.1) is 5.82 Å². The fourth-order valence-corrected chi connectivity index (χ4v) is 1.72. The average Bonchev–Trinajstić information content (AvgIpc) is 2.33. The molecule has 16 heavy (non-hydrogen) atoms. The molecule has 0 atom stereocenters. The maximum Gasteiger partial charge on any atom is 0.137 e. The Balaban J connectivity index is 2.38. The van der Waals surface area contributed by atoms with Gasteiger partial charge in [-0.1, -0.05) is 30.3 Å². The van der Waals surface area contributed by atoms with E-state index in [0.717, 1.165) is 16.7 Å². The first-order chi connectivity index (χ1) is 7.70. The van der Waals surface area contributed by atoms with Crippen molar-refractivity contribution in [3.63, 3.8) is 0 Å². The molecule has 0 spiro atoms. The van der Waals surface area contributed by atoms with Crippen LogP contribution in [0.4, 0.5) is 4.39 Å². The van der Waals surface area contributed by atoms with E-state index in [9.17, 15) is 4.39 Å². The van der Waals surface area contributed by atoms with Crippen molar-refractivity contribution in [3.05, 3.63) is 58.3 Å². The third kappa shape index (κ3) is 2.31. The predicted molar refractivity (Wildman–Crippen MR) is 65.5 cm³/mol. The largest absolute Gasteiger partial charge is 0.392 e. The molecule has 0 radical (unpaired) electrons. The fraction of sp³-hybridized carbons (Fsp3) is 0.0769. The number of rotatable bonds is 2. The van der Waals surface area contributed by atoms with Crippen LogP contribution in [-0.4, -0.2) is 5.11 Å². The highest BCUT2D eigenvalue weighted by Gasteiger charge is 2.02. The lowest BCUT2D eigenvalue weighted by Crippen LogP contribution is -1.84. The van der Waals surface area contributed by atoms with Gasteiger partial charge in [0, 0.05) is 0 Å². The Morgan fingerprint density at radius 1 is 1.00 bits per heavy atom.